The second-order valence-electron chi connectivity index (χ2n) is 7.73. The molecule has 2 atom stereocenters. The molecule has 1 saturated heterocycles. The summed E-state index contributed by atoms with van der Waals surface area (Å²) in [5.74, 6) is 1.70. The van der Waals surface area contributed by atoms with Crippen LogP contribution in [0.2, 0.25) is 0 Å². The molecule has 1 amide bonds. The maximum Gasteiger partial charge on any atom is 0.291 e. The molecule has 0 radical (unpaired) electrons. The lowest BCUT2D eigenvalue weighted by Crippen LogP contribution is -2.45. The van der Waals surface area contributed by atoms with E-state index in [2.05, 4.69) is 31.9 Å². The van der Waals surface area contributed by atoms with Crippen molar-refractivity contribution in [2.24, 2.45) is 11.8 Å². The van der Waals surface area contributed by atoms with Crippen LogP contribution in [-0.2, 0) is 11.3 Å². The van der Waals surface area contributed by atoms with Crippen molar-refractivity contribution in [3.8, 4) is 0 Å². The van der Waals surface area contributed by atoms with E-state index in [4.69, 9.17) is 0 Å². The minimum absolute atomic E-state index is 0.00741. The van der Waals surface area contributed by atoms with Gasteiger partial charge < -0.3 is 4.90 Å². The zero-order valence-corrected chi connectivity index (χ0v) is 16.5. The average molecular weight is 372 g/mol. The second kappa shape index (κ2) is 6.23. The molecule has 0 N–H and O–H groups in total. The first-order chi connectivity index (χ1) is 12.3. The number of carbonyl (C=O) groups is 1. The minimum Gasteiger partial charge on any atom is -0.341 e. The van der Waals surface area contributed by atoms with Crippen LogP contribution in [0.5, 0.6) is 0 Å². The Bertz CT molecular complexity index is 1050. The number of hydrogen-bond acceptors (Lipinski definition) is 4. The summed E-state index contributed by atoms with van der Waals surface area (Å²) >= 11 is 1.67. The Balaban J connectivity index is 1.70. The molecule has 0 aliphatic carbocycles. The van der Waals surface area contributed by atoms with Gasteiger partial charge in [-0.3, -0.25) is 14.0 Å². The van der Waals surface area contributed by atoms with Crippen molar-refractivity contribution in [3.05, 3.63) is 33.2 Å². The van der Waals surface area contributed by atoms with Crippen molar-refractivity contribution in [2.45, 2.75) is 40.7 Å². The van der Waals surface area contributed by atoms with E-state index in [0.29, 0.717) is 17.4 Å². The Morgan fingerprint density at radius 3 is 2.58 bits per heavy atom. The summed E-state index contributed by atoms with van der Waals surface area (Å²) in [7, 11) is 0. The molecular formula is C19H24N4O2S. The molecule has 0 saturated carbocycles. The van der Waals surface area contributed by atoms with E-state index in [1.807, 2.05) is 22.3 Å². The van der Waals surface area contributed by atoms with Gasteiger partial charge in [0.2, 0.25) is 5.91 Å². The van der Waals surface area contributed by atoms with Crippen molar-refractivity contribution >= 4 is 33.0 Å². The number of piperidine rings is 1. The fourth-order valence-electron chi connectivity index (χ4n) is 4.22. The fraction of sp³-hybridized carbons (Fsp3) is 0.526. The molecule has 0 unspecified atom stereocenters. The predicted molar refractivity (Wildman–Crippen MR) is 104 cm³/mol. The van der Waals surface area contributed by atoms with Crippen LogP contribution in [0.15, 0.2) is 16.9 Å². The van der Waals surface area contributed by atoms with E-state index in [1.165, 1.54) is 9.56 Å². The van der Waals surface area contributed by atoms with Gasteiger partial charge in [0, 0.05) is 18.0 Å². The van der Waals surface area contributed by atoms with E-state index in [1.54, 1.807) is 11.3 Å². The Hall–Kier alpha value is -2.15. The number of thiophene rings is 1. The summed E-state index contributed by atoms with van der Waals surface area (Å²) in [5.41, 5.74) is 1.40. The van der Waals surface area contributed by atoms with Crippen LogP contribution in [0, 0.1) is 25.7 Å². The average Bonchev–Trinajstić information content (AvgIpc) is 3.07. The van der Waals surface area contributed by atoms with Crippen LogP contribution in [0.25, 0.3) is 15.7 Å². The lowest BCUT2D eigenvalue weighted by atomic mass is 9.92. The molecule has 3 aromatic heterocycles. The number of amides is 1. The van der Waals surface area contributed by atoms with E-state index in [0.717, 1.165) is 35.6 Å². The van der Waals surface area contributed by atoms with Crippen LogP contribution in [0.3, 0.4) is 0 Å². The van der Waals surface area contributed by atoms with Gasteiger partial charge in [0.25, 0.3) is 5.56 Å². The van der Waals surface area contributed by atoms with Gasteiger partial charge in [-0.05, 0) is 44.2 Å². The lowest BCUT2D eigenvalue weighted by molar-refractivity contribution is -0.134. The smallest absolute Gasteiger partial charge is 0.291 e. The fourth-order valence-corrected chi connectivity index (χ4v) is 5.16. The van der Waals surface area contributed by atoms with Gasteiger partial charge in [-0.15, -0.1) is 11.3 Å². The largest absolute Gasteiger partial charge is 0.341 e. The number of aromatic nitrogens is 3. The molecule has 0 aromatic carbocycles. The predicted octanol–water partition coefficient (Wildman–Crippen LogP) is 2.83. The normalized spacial score (nSPS) is 21.0. The Morgan fingerprint density at radius 2 is 1.88 bits per heavy atom. The summed E-state index contributed by atoms with van der Waals surface area (Å²) in [4.78, 5) is 28.7. The zero-order chi connectivity index (χ0) is 18.6. The lowest BCUT2D eigenvalue weighted by Gasteiger charge is -2.35. The summed E-state index contributed by atoms with van der Waals surface area (Å²) < 4.78 is 4.30. The van der Waals surface area contributed by atoms with E-state index >= 15 is 0 Å². The number of rotatable bonds is 2. The molecule has 7 heteroatoms. The third-order valence-corrected chi connectivity index (χ3v) is 6.15. The minimum atomic E-state index is -0.205. The molecule has 1 aliphatic rings. The maximum absolute atomic E-state index is 12.9. The van der Waals surface area contributed by atoms with Gasteiger partial charge in [-0.25, -0.2) is 4.68 Å². The van der Waals surface area contributed by atoms with Crippen LogP contribution < -0.4 is 5.56 Å². The van der Waals surface area contributed by atoms with Crippen molar-refractivity contribution in [1.82, 2.24) is 19.1 Å². The molecule has 1 fully saturated rings. The zero-order valence-electron chi connectivity index (χ0n) is 15.7. The SMILES string of the molecule is Cc1cc2c(cc3c(=O)n(CC(=O)N4C[C@H](C)C[C@@H](C)C4)nc(C)n32)s1. The Labute approximate surface area is 156 Å². The number of carbonyl (C=O) groups excluding carboxylic acids is 1. The van der Waals surface area contributed by atoms with Gasteiger partial charge >= 0.3 is 0 Å². The van der Waals surface area contributed by atoms with E-state index in [9.17, 15) is 9.59 Å². The molecule has 4 rings (SSSR count). The summed E-state index contributed by atoms with van der Waals surface area (Å²) in [6.07, 6.45) is 1.15. The number of aryl methyl sites for hydroxylation is 2. The van der Waals surface area contributed by atoms with Crippen molar-refractivity contribution < 1.29 is 4.79 Å². The molecule has 0 bridgehead atoms. The first-order valence-electron chi connectivity index (χ1n) is 9.10. The quantitative estimate of drug-likeness (QED) is 0.695. The van der Waals surface area contributed by atoms with Gasteiger partial charge in [0.05, 0.1) is 10.2 Å². The van der Waals surface area contributed by atoms with Crippen molar-refractivity contribution in [2.75, 3.05) is 13.1 Å². The van der Waals surface area contributed by atoms with Crippen LogP contribution >= 0.6 is 11.3 Å². The van der Waals surface area contributed by atoms with E-state index < -0.39 is 0 Å². The van der Waals surface area contributed by atoms with Crippen molar-refractivity contribution in [3.63, 3.8) is 0 Å². The molecule has 6 nitrogen and oxygen atoms in total. The monoisotopic (exact) mass is 372 g/mol. The van der Waals surface area contributed by atoms with Gasteiger partial charge in [0.15, 0.2) is 0 Å². The molecule has 4 heterocycles. The number of likely N-dealkylation sites (tertiary alicyclic amines) is 1. The highest BCUT2D eigenvalue weighted by atomic mass is 32.1. The highest BCUT2D eigenvalue weighted by Gasteiger charge is 2.26. The Morgan fingerprint density at radius 1 is 1.19 bits per heavy atom. The van der Waals surface area contributed by atoms with Gasteiger partial charge in [-0.2, -0.15) is 5.10 Å². The maximum atomic E-state index is 12.9. The number of fused-ring (bicyclic) bond motifs is 3. The molecule has 26 heavy (non-hydrogen) atoms. The first-order valence-corrected chi connectivity index (χ1v) is 9.92. The standard InChI is InChI=1S/C19H24N4O2S/c1-11-5-12(2)9-21(8-11)18(24)10-22-19(25)16-7-17-15(6-13(3)26-17)23(16)14(4)20-22/h6-7,11-12H,5,8-10H2,1-4H3/t11-,12-/m1/s1. The Kier molecular flexibility index (Phi) is 4.14. The van der Waals surface area contributed by atoms with Crippen LogP contribution in [0.4, 0.5) is 0 Å². The highest BCUT2D eigenvalue weighted by molar-refractivity contribution is 7.19. The summed E-state index contributed by atoms with van der Waals surface area (Å²) in [6.45, 7) is 9.81. The molecule has 1 aliphatic heterocycles. The summed E-state index contributed by atoms with van der Waals surface area (Å²) in [6, 6.07) is 3.99. The van der Waals surface area contributed by atoms with E-state index in [-0.39, 0.29) is 18.0 Å². The first kappa shape index (κ1) is 17.3. The molecular weight excluding hydrogens is 348 g/mol. The second-order valence-corrected chi connectivity index (χ2v) is 9.01. The third-order valence-electron chi connectivity index (χ3n) is 5.16. The topological polar surface area (TPSA) is 59.6 Å². The highest BCUT2D eigenvalue weighted by Crippen LogP contribution is 2.28. The number of nitrogens with zero attached hydrogens (tertiary/aromatic N) is 4. The molecule has 138 valence electrons. The number of hydrogen-bond donors (Lipinski definition) is 0. The molecule has 3 aromatic rings. The van der Waals surface area contributed by atoms with Gasteiger partial charge in [0.1, 0.15) is 17.9 Å². The third kappa shape index (κ3) is 2.84. The summed E-state index contributed by atoms with van der Waals surface area (Å²) in [5, 5.41) is 4.43. The van der Waals surface area contributed by atoms with Gasteiger partial charge in [-0.1, -0.05) is 13.8 Å². The van der Waals surface area contributed by atoms with Crippen molar-refractivity contribution in [1.29, 1.82) is 0 Å². The van der Waals surface area contributed by atoms with Crippen LogP contribution in [0.1, 0.15) is 31.0 Å². The van der Waals surface area contributed by atoms with Crippen LogP contribution in [-0.4, -0.2) is 38.1 Å². The molecule has 0 spiro atoms.